The van der Waals surface area contributed by atoms with Gasteiger partial charge in [0, 0.05) is 51.9 Å². The van der Waals surface area contributed by atoms with Gasteiger partial charge in [-0.05, 0) is 98.4 Å². The first kappa shape index (κ1) is 45.5. The molecule has 0 bridgehead atoms. The number of carbonyl (C=O) groups excluding carboxylic acids is 3. The van der Waals surface area contributed by atoms with Crippen molar-refractivity contribution in [3.8, 4) is 23.3 Å². The molecule has 0 spiro atoms. The van der Waals surface area contributed by atoms with E-state index in [4.69, 9.17) is 4.74 Å². The quantitative estimate of drug-likeness (QED) is 0.142. The number of rotatable bonds is 13. The van der Waals surface area contributed by atoms with Gasteiger partial charge in [0.1, 0.15) is 41.4 Å². The van der Waals surface area contributed by atoms with Gasteiger partial charge in [-0.25, -0.2) is 18.7 Å². The minimum Gasteiger partial charge on any atom is -0.453 e. The Hall–Kier alpha value is -7.02. The highest BCUT2D eigenvalue weighted by molar-refractivity contribution is 7.90. The summed E-state index contributed by atoms with van der Waals surface area (Å²) in [6.45, 7) is 5.44. The number of nitrogens with zero attached hydrogens (tertiary/aromatic N) is 8. The molecule has 3 saturated heterocycles. The number of hydrogen-bond donors (Lipinski definition) is 3. The van der Waals surface area contributed by atoms with E-state index in [0.717, 1.165) is 16.4 Å². The van der Waals surface area contributed by atoms with Crippen molar-refractivity contribution in [1.29, 1.82) is 5.26 Å². The van der Waals surface area contributed by atoms with E-state index in [9.17, 15) is 32.9 Å². The van der Waals surface area contributed by atoms with E-state index in [1.807, 2.05) is 11.0 Å². The predicted molar refractivity (Wildman–Crippen MR) is 241 cm³/mol. The molecule has 0 aliphatic carbocycles. The van der Waals surface area contributed by atoms with Gasteiger partial charge in [-0.1, -0.05) is 13.0 Å². The van der Waals surface area contributed by atoms with E-state index < -0.39 is 39.3 Å². The molecule has 344 valence electrons. The summed E-state index contributed by atoms with van der Waals surface area (Å²) < 4.78 is 66.0. The van der Waals surface area contributed by atoms with Crippen LogP contribution in [0.5, 0.6) is 11.5 Å². The molecule has 3 aromatic carbocycles. The minimum absolute atomic E-state index is 0.00147. The molecule has 3 N–H and O–H groups in total. The average molecular weight is 924 g/mol. The molecule has 5 aromatic rings. The van der Waals surface area contributed by atoms with E-state index in [1.165, 1.54) is 42.2 Å². The normalized spacial score (nSPS) is 17.4. The van der Waals surface area contributed by atoms with Crippen molar-refractivity contribution in [1.82, 2.24) is 34.0 Å². The molecule has 8 rings (SSSR count). The molecule has 0 saturated carbocycles. The zero-order valence-electron chi connectivity index (χ0n) is 36.2. The van der Waals surface area contributed by atoms with Crippen LogP contribution in [-0.2, 0) is 24.6 Å². The highest BCUT2D eigenvalue weighted by atomic mass is 32.2. The molecule has 66 heavy (non-hydrogen) atoms. The first-order valence-electron chi connectivity index (χ1n) is 21.5. The van der Waals surface area contributed by atoms with Gasteiger partial charge in [-0.3, -0.25) is 38.7 Å². The second kappa shape index (κ2) is 19.2. The predicted octanol–water partition coefficient (Wildman–Crippen LogP) is 4.08. The topological polar surface area (TPSA) is 215 Å². The van der Waals surface area contributed by atoms with Gasteiger partial charge in [0.25, 0.3) is 5.56 Å². The first-order valence-corrected chi connectivity index (χ1v) is 22.9. The van der Waals surface area contributed by atoms with Gasteiger partial charge in [0.05, 0.1) is 35.0 Å². The van der Waals surface area contributed by atoms with E-state index >= 15 is 8.78 Å². The number of nitriles is 1. The molecule has 1 atom stereocenters. The van der Waals surface area contributed by atoms with Gasteiger partial charge in [0.2, 0.25) is 17.7 Å². The maximum atomic E-state index is 15.2. The van der Waals surface area contributed by atoms with Gasteiger partial charge < -0.3 is 19.9 Å². The number of piperidine rings is 2. The number of hydrogen-bond acceptors (Lipinski definition) is 13. The summed E-state index contributed by atoms with van der Waals surface area (Å²) in [7, 11) is -2.69. The van der Waals surface area contributed by atoms with Crippen LogP contribution >= 0.6 is 0 Å². The summed E-state index contributed by atoms with van der Waals surface area (Å²) >= 11 is 0. The van der Waals surface area contributed by atoms with Gasteiger partial charge in [0.15, 0.2) is 11.6 Å². The molecule has 18 nitrogen and oxygen atoms in total. The van der Waals surface area contributed by atoms with Crippen LogP contribution in [0.25, 0.3) is 16.6 Å². The molecule has 5 heterocycles. The number of amides is 3. The number of anilines is 3. The second-order valence-electron chi connectivity index (χ2n) is 16.3. The molecule has 1 unspecified atom stereocenters. The third-order valence-electron chi connectivity index (χ3n) is 12.2. The fourth-order valence-corrected chi connectivity index (χ4v) is 9.22. The third-order valence-corrected chi connectivity index (χ3v) is 13.8. The molecule has 21 heteroatoms. The van der Waals surface area contributed by atoms with Crippen LogP contribution in [0.4, 0.5) is 26.0 Å². The van der Waals surface area contributed by atoms with Gasteiger partial charge in [-0.2, -0.15) is 18.0 Å². The largest absolute Gasteiger partial charge is 0.453 e. The van der Waals surface area contributed by atoms with Crippen LogP contribution in [0.1, 0.15) is 49.7 Å². The maximum Gasteiger partial charge on any atom is 0.301 e. The lowest BCUT2D eigenvalue weighted by Crippen LogP contribution is -2.52. The lowest BCUT2D eigenvalue weighted by atomic mass is 9.89. The third kappa shape index (κ3) is 9.80. The summed E-state index contributed by atoms with van der Waals surface area (Å²) in [4.78, 5) is 65.7. The van der Waals surface area contributed by atoms with E-state index in [2.05, 4.69) is 35.1 Å². The number of piperazine rings is 1. The number of imide groups is 1. The molecular weight excluding hydrogens is 877 g/mol. The molecule has 3 amide bonds. The minimum atomic E-state index is -4.04. The number of likely N-dealkylation sites (tertiary alicyclic amines) is 1. The van der Waals surface area contributed by atoms with Crippen LogP contribution in [-0.4, -0.2) is 120 Å². The molecule has 0 radical (unpaired) electrons. The summed E-state index contributed by atoms with van der Waals surface area (Å²) in [5.74, 6) is -1.82. The van der Waals surface area contributed by atoms with Crippen LogP contribution in [0.2, 0.25) is 0 Å². The van der Waals surface area contributed by atoms with Crippen LogP contribution < -0.4 is 30.6 Å². The summed E-state index contributed by atoms with van der Waals surface area (Å²) in [6.07, 6.45) is 4.88. The highest BCUT2D eigenvalue weighted by Gasteiger charge is 2.30. The average Bonchev–Trinajstić information content (AvgIpc) is 3.31. The van der Waals surface area contributed by atoms with Gasteiger partial charge in [-0.15, -0.1) is 0 Å². The molecule has 3 fully saturated rings. The fourth-order valence-electron chi connectivity index (χ4n) is 8.27. The monoisotopic (exact) mass is 923 g/mol. The Morgan fingerprint density at radius 3 is 2.41 bits per heavy atom. The molecule has 2 aromatic heterocycles. The number of carbonyl (C=O) groups is 3. The standard InChI is InChI=1S/C45H47F2N11O7S/c1-3-54(2)66(63,64)53-38-10-8-35(46)43(34(38)24-48)65-31-6-9-37-33(23-31)45(62)58(27-50-37)30-5-12-40(49-25-30)56-18-20-57(21-19-56)42(60)26-55-16-14-28(15-17-55)32-7-4-29(22-36(32)47)51-39-11-13-41(59)52-44(39)61/h4-10,12,22-23,25,27-28,39,51,53H,3,11,13-21,26H2,1-2H3,(H,52,59,61). The number of halogens is 2. The van der Waals surface area contributed by atoms with E-state index in [-0.39, 0.29) is 65.4 Å². The number of aromatic nitrogens is 3. The van der Waals surface area contributed by atoms with Crippen molar-refractivity contribution in [2.24, 2.45) is 0 Å². The number of benzene rings is 3. The van der Waals surface area contributed by atoms with Crippen LogP contribution in [0.15, 0.2) is 78.0 Å². The Morgan fingerprint density at radius 2 is 1.73 bits per heavy atom. The zero-order valence-corrected chi connectivity index (χ0v) is 37.0. The summed E-state index contributed by atoms with van der Waals surface area (Å²) in [5, 5.41) is 15.3. The van der Waals surface area contributed by atoms with Crippen molar-refractivity contribution >= 4 is 56.0 Å². The van der Waals surface area contributed by atoms with Gasteiger partial charge >= 0.3 is 10.2 Å². The lowest BCUT2D eigenvalue weighted by molar-refractivity contribution is -0.134. The Balaban J connectivity index is 0.845. The number of pyridine rings is 1. The van der Waals surface area contributed by atoms with Crippen molar-refractivity contribution in [3.63, 3.8) is 0 Å². The summed E-state index contributed by atoms with van der Waals surface area (Å²) in [5.41, 5.74) is 0.809. The molecular formula is C45H47F2N11O7S. The Morgan fingerprint density at radius 1 is 0.955 bits per heavy atom. The highest BCUT2D eigenvalue weighted by Crippen LogP contribution is 2.35. The van der Waals surface area contributed by atoms with E-state index in [0.29, 0.717) is 86.8 Å². The Labute approximate surface area is 379 Å². The maximum absolute atomic E-state index is 15.2. The zero-order chi connectivity index (χ0) is 46.7. The van der Waals surface area contributed by atoms with Crippen LogP contribution in [0, 0.1) is 23.0 Å². The first-order chi connectivity index (χ1) is 31.7. The van der Waals surface area contributed by atoms with Crippen molar-refractivity contribution in [2.75, 3.05) is 74.3 Å². The number of nitrogens with one attached hydrogen (secondary N) is 3. The molecule has 3 aliphatic rings. The summed E-state index contributed by atoms with van der Waals surface area (Å²) in [6, 6.07) is 16.0. The van der Waals surface area contributed by atoms with Crippen molar-refractivity contribution < 1.29 is 36.3 Å². The smallest absolute Gasteiger partial charge is 0.301 e. The number of ether oxygens (including phenoxy) is 1. The molecule has 3 aliphatic heterocycles. The Kier molecular flexibility index (Phi) is 13.3. The van der Waals surface area contributed by atoms with Crippen LogP contribution in [0.3, 0.4) is 0 Å². The number of fused-ring (bicyclic) bond motifs is 1. The second-order valence-corrected chi connectivity index (χ2v) is 18.1. The van der Waals surface area contributed by atoms with E-state index in [1.54, 1.807) is 37.4 Å². The SMILES string of the molecule is CCN(C)S(=O)(=O)Nc1ccc(F)c(Oc2ccc3ncn(-c4ccc(N5CCN(C(=O)CN6CCC(c7ccc(NC8CCC(=O)NC8=O)cc7F)CC6)CC5)nc4)c(=O)c3c2)c1C#N. The lowest BCUT2D eigenvalue weighted by Gasteiger charge is -2.37. The van der Waals surface area contributed by atoms with Crippen molar-refractivity contribution in [2.45, 2.75) is 44.6 Å². The Bertz CT molecular complexity index is 2900. The van der Waals surface area contributed by atoms with Crippen molar-refractivity contribution in [3.05, 3.63) is 106 Å². The fraction of sp³-hybridized carbons (Fsp3) is 0.356.